The van der Waals surface area contributed by atoms with E-state index in [0.29, 0.717) is 17.8 Å². The summed E-state index contributed by atoms with van der Waals surface area (Å²) in [7, 11) is -3.73. The molecule has 0 saturated heterocycles. The van der Waals surface area contributed by atoms with E-state index in [2.05, 4.69) is 10.0 Å². The molecule has 2 rings (SSSR count). The van der Waals surface area contributed by atoms with Gasteiger partial charge >= 0.3 is 0 Å². The van der Waals surface area contributed by atoms with Crippen LogP contribution >= 0.6 is 0 Å². The highest BCUT2D eigenvalue weighted by Gasteiger charge is 2.18. The normalized spacial score (nSPS) is 23.9. The number of nitrogens with two attached hydrogens (primary N) is 2. The Balaban J connectivity index is 1.99. The van der Waals surface area contributed by atoms with E-state index in [1.807, 2.05) is 6.07 Å². The highest BCUT2D eigenvalue weighted by atomic mass is 32.2. The maximum atomic E-state index is 11.0. The zero-order chi connectivity index (χ0) is 13.9. The number of hydrogen-bond donors (Lipinski definition) is 4. The molecule has 1 aromatic carbocycles. The van der Waals surface area contributed by atoms with Crippen molar-refractivity contribution in [1.82, 2.24) is 0 Å². The van der Waals surface area contributed by atoms with Gasteiger partial charge in [-0.1, -0.05) is 6.07 Å². The Bertz CT molecular complexity index is 524. The zero-order valence-electron chi connectivity index (χ0n) is 10.7. The van der Waals surface area contributed by atoms with E-state index in [1.165, 1.54) is 0 Å². The van der Waals surface area contributed by atoms with Crippen LogP contribution in [0.5, 0.6) is 0 Å². The molecule has 1 aliphatic carbocycles. The van der Waals surface area contributed by atoms with Gasteiger partial charge in [0.2, 0.25) is 0 Å². The van der Waals surface area contributed by atoms with Crippen molar-refractivity contribution in [1.29, 1.82) is 0 Å². The lowest BCUT2D eigenvalue weighted by molar-refractivity contribution is 0.411. The van der Waals surface area contributed by atoms with E-state index in [4.69, 9.17) is 10.9 Å². The maximum absolute atomic E-state index is 11.0. The molecule has 7 heteroatoms. The van der Waals surface area contributed by atoms with Gasteiger partial charge < -0.3 is 11.1 Å². The highest BCUT2D eigenvalue weighted by Crippen LogP contribution is 2.23. The number of benzene rings is 1. The second-order valence-electron chi connectivity index (χ2n) is 4.98. The molecule has 0 atom stereocenters. The summed E-state index contributed by atoms with van der Waals surface area (Å²) in [5.74, 6) is 0. The molecule has 19 heavy (non-hydrogen) atoms. The van der Waals surface area contributed by atoms with Crippen molar-refractivity contribution in [3.05, 3.63) is 24.3 Å². The second-order valence-corrected chi connectivity index (χ2v) is 6.28. The molecule has 1 saturated carbocycles. The Kier molecular flexibility index (Phi) is 4.28. The van der Waals surface area contributed by atoms with Crippen molar-refractivity contribution in [2.24, 2.45) is 10.9 Å². The molecule has 0 amide bonds. The van der Waals surface area contributed by atoms with Gasteiger partial charge in [0, 0.05) is 17.8 Å². The molecule has 0 aromatic heterocycles. The molecule has 1 aromatic rings. The molecule has 0 aliphatic heterocycles. The summed E-state index contributed by atoms with van der Waals surface area (Å²) in [5, 5.41) is 8.34. The van der Waals surface area contributed by atoms with Gasteiger partial charge in [0.1, 0.15) is 0 Å². The van der Waals surface area contributed by atoms with Crippen LogP contribution in [0, 0.1) is 0 Å². The van der Waals surface area contributed by atoms with E-state index >= 15 is 0 Å². The lowest BCUT2D eigenvalue weighted by Crippen LogP contribution is -2.32. The molecule has 0 radical (unpaired) electrons. The molecular weight excluding hydrogens is 264 g/mol. The Hall–Kier alpha value is -1.31. The highest BCUT2D eigenvalue weighted by molar-refractivity contribution is 7.90. The Morgan fingerprint density at radius 2 is 1.74 bits per heavy atom. The van der Waals surface area contributed by atoms with Crippen LogP contribution in [-0.2, 0) is 10.2 Å². The van der Waals surface area contributed by atoms with Gasteiger partial charge in [-0.25, -0.2) is 5.14 Å². The Labute approximate surface area is 113 Å². The Morgan fingerprint density at radius 1 is 1.11 bits per heavy atom. The van der Waals surface area contributed by atoms with E-state index in [-0.39, 0.29) is 0 Å². The molecule has 0 heterocycles. The molecular formula is C12H20N4O2S. The first-order valence-corrected chi connectivity index (χ1v) is 7.90. The summed E-state index contributed by atoms with van der Waals surface area (Å²) in [6.45, 7) is 0. The third kappa shape index (κ3) is 4.70. The standard InChI is InChI=1S/C12H20N4O2S/c13-9-4-6-10(7-5-9)15-11-2-1-3-12(8-11)16-19(14,17)18/h1-3,8-10,15-16H,4-7,13H2,(H2,14,17,18). The number of hydrogen-bond acceptors (Lipinski definition) is 4. The fraction of sp³-hybridized carbons (Fsp3) is 0.500. The fourth-order valence-electron chi connectivity index (χ4n) is 2.34. The number of rotatable bonds is 4. The van der Waals surface area contributed by atoms with E-state index in [1.54, 1.807) is 18.2 Å². The summed E-state index contributed by atoms with van der Waals surface area (Å²) in [4.78, 5) is 0. The fourth-order valence-corrected chi connectivity index (χ4v) is 2.79. The van der Waals surface area contributed by atoms with Crippen molar-refractivity contribution in [3.8, 4) is 0 Å². The second kappa shape index (κ2) is 5.77. The summed E-state index contributed by atoms with van der Waals surface area (Å²) in [5.41, 5.74) is 7.21. The quantitative estimate of drug-likeness (QED) is 0.660. The third-order valence-electron chi connectivity index (χ3n) is 3.27. The van der Waals surface area contributed by atoms with E-state index in [0.717, 1.165) is 31.4 Å². The van der Waals surface area contributed by atoms with Crippen molar-refractivity contribution >= 4 is 21.6 Å². The van der Waals surface area contributed by atoms with Crippen LogP contribution in [0.2, 0.25) is 0 Å². The van der Waals surface area contributed by atoms with Crippen molar-refractivity contribution in [3.63, 3.8) is 0 Å². The van der Waals surface area contributed by atoms with Crippen molar-refractivity contribution in [2.75, 3.05) is 10.0 Å². The summed E-state index contributed by atoms with van der Waals surface area (Å²) in [6.07, 6.45) is 4.11. The van der Waals surface area contributed by atoms with Crippen LogP contribution in [-0.4, -0.2) is 20.5 Å². The SMILES string of the molecule is NC1CCC(Nc2cccc(NS(N)(=O)=O)c2)CC1. The third-order valence-corrected chi connectivity index (χ3v) is 3.79. The van der Waals surface area contributed by atoms with Crippen LogP contribution in [0.4, 0.5) is 11.4 Å². The molecule has 6 N–H and O–H groups in total. The minimum absolute atomic E-state index is 0.313. The number of nitrogens with one attached hydrogen (secondary N) is 2. The average molecular weight is 284 g/mol. The molecule has 0 bridgehead atoms. The minimum atomic E-state index is -3.73. The largest absolute Gasteiger partial charge is 0.382 e. The smallest absolute Gasteiger partial charge is 0.296 e. The van der Waals surface area contributed by atoms with Crippen LogP contribution < -0.4 is 20.9 Å². The van der Waals surface area contributed by atoms with Crippen LogP contribution in [0.1, 0.15) is 25.7 Å². The molecule has 1 fully saturated rings. The first-order chi connectivity index (χ1) is 8.92. The predicted molar refractivity (Wildman–Crippen MR) is 77.0 cm³/mol. The molecule has 106 valence electrons. The summed E-state index contributed by atoms with van der Waals surface area (Å²) >= 11 is 0. The van der Waals surface area contributed by atoms with E-state index in [9.17, 15) is 8.42 Å². The maximum Gasteiger partial charge on any atom is 0.296 e. The van der Waals surface area contributed by atoms with Gasteiger partial charge in [0.05, 0.1) is 5.69 Å². The van der Waals surface area contributed by atoms with Gasteiger partial charge in [-0.05, 0) is 43.9 Å². The average Bonchev–Trinajstić information content (AvgIpc) is 2.30. The van der Waals surface area contributed by atoms with E-state index < -0.39 is 10.2 Å². The molecule has 1 aliphatic rings. The van der Waals surface area contributed by atoms with Crippen LogP contribution in [0.15, 0.2) is 24.3 Å². The summed E-state index contributed by atoms with van der Waals surface area (Å²) in [6, 6.07) is 7.79. The van der Waals surface area contributed by atoms with Crippen LogP contribution in [0.25, 0.3) is 0 Å². The van der Waals surface area contributed by atoms with Crippen LogP contribution in [0.3, 0.4) is 0 Å². The minimum Gasteiger partial charge on any atom is -0.382 e. The predicted octanol–water partition coefficient (Wildman–Crippen LogP) is 0.984. The van der Waals surface area contributed by atoms with Gasteiger partial charge in [0.25, 0.3) is 10.2 Å². The first-order valence-electron chi connectivity index (χ1n) is 6.35. The topological polar surface area (TPSA) is 110 Å². The Morgan fingerprint density at radius 3 is 2.37 bits per heavy atom. The lowest BCUT2D eigenvalue weighted by atomic mass is 9.91. The first kappa shape index (κ1) is 14.1. The molecule has 6 nitrogen and oxygen atoms in total. The van der Waals surface area contributed by atoms with Gasteiger partial charge in [0.15, 0.2) is 0 Å². The monoisotopic (exact) mass is 284 g/mol. The van der Waals surface area contributed by atoms with Gasteiger partial charge in [-0.3, -0.25) is 4.72 Å². The van der Waals surface area contributed by atoms with Gasteiger partial charge in [-0.2, -0.15) is 8.42 Å². The van der Waals surface area contributed by atoms with Crippen molar-refractivity contribution < 1.29 is 8.42 Å². The van der Waals surface area contributed by atoms with Gasteiger partial charge in [-0.15, -0.1) is 0 Å². The number of anilines is 2. The zero-order valence-corrected chi connectivity index (χ0v) is 11.5. The molecule has 0 spiro atoms. The van der Waals surface area contributed by atoms with Crippen molar-refractivity contribution in [2.45, 2.75) is 37.8 Å². The molecule has 0 unspecified atom stereocenters. The lowest BCUT2D eigenvalue weighted by Gasteiger charge is -2.27. The summed E-state index contributed by atoms with van der Waals surface area (Å²) < 4.78 is 24.2.